The zero-order valence-electron chi connectivity index (χ0n) is 20.0. The van der Waals surface area contributed by atoms with Crippen LogP contribution in [-0.4, -0.2) is 6.18 Å². The van der Waals surface area contributed by atoms with Gasteiger partial charge in [0, 0.05) is 5.92 Å². The van der Waals surface area contributed by atoms with Crippen LogP contribution in [0.4, 0.5) is 17.6 Å². The van der Waals surface area contributed by atoms with E-state index in [1.165, 1.54) is 62.5 Å². The van der Waals surface area contributed by atoms with E-state index < -0.39 is 17.9 Å². The summed E-state index contributed by atoms with van der Waals surface area (Å²) >= 11 is 0. The van der Waals surface area contributed by atoms with Crippen LogP contribution < -0.4 is 51.4 Å². The molecule has 3 aliphatic carbocycles. The molecule has 0 atom stereocenters. The fraction of sp³-hybridized carbons (Fsp3) is 0.667. The maximum atomic E-state index is 13.9. The van der Waals surface area contributed by atoms with Crippen LogP contribution in [0.3, 0.4) is 0 Å². The molecular formula is C27H34F4KRf-. The molecule has 6 heteroatoms. The van der Waals surface area contributed by atoms with E-state index >= 15 is 0 Å². The molecule has 0 aromatic heterocycles. The third-order valence-electron chi connectivity index (χ3n) is 8.11. The molecule has 0 radical (unpaired) electrons. The second kappa shape index (κ2) is 12.9. The van der Waals surface area contributed by atoms with Gasteiger partial charge in [0.2, 0.25) is 0 Å². The summed E-state index contributed by atoms with van der Waals surface area (Å²) < 4.78 is 51.1. The van der Waals surface area contributed by atoms with Gasteiger partial charge in [-0.05, 0) is 69.1 Å². The molecule has 0 saturated heterocycles. The van der Waals surface area contributed by atoms with Crippen LogP contribution in [0.25, 0.3) is 0 Å². The maximum absolute atomic E-state index is 13.9. The Bertz CT molecular complexity index is 723. The van der Waals surface area contributed by atoms with Crippen molar-refractivity contribution in [2.24, 2.45) is 17.8 Å². The number of benzene rings is 1. The van der Waals surface area contributed by atoms with E-state index in [4.69, 9.17) is 0 Å². The number of hydrogen-bond acceptors (Lipinski definition) is 0. The first-order chi connectivity index (χ1) is 14.9. The fourth-order valence-corrected chi connectivity index (χ4v) is 6.26. The van der Waals surface area contributed by atoms with Crippen LogP contribution in [0, 0.1) is 30.2 Å². The number of alkyl halides is 3. The molecule has 3 fully saturated rings. The Balaban J connectivity index is 0.00000193. The van der Waals surface area contributed by atoms with Crippen LogP contribution in [0.1, 0.15) is 100 Å². The molecule has 4 rings (SSSR count). The minimum absolute atomic E-state index is 0. The van der Waals surface area contributed by atoms with Crippen molar-refractivity contribution in [2.75, 3.05) is 0 Å². The molecule has 3 saturated carbocycles. The van der Waals surface area contributed by atoms with Crippen molar-refractivity contribution in [2.45, 2.75) is 95.1 Å². The maximum Gasteiger partial charge on any atom is 1.00 e. The first kappa shape index (κ1) is 28.6. The van der Waals surface area contributed by atoms with Gasteiger partial charge in [0.1, 0.15) is 5.83 Å². The normalized spacial score (nSPS) is 29.6. The van der Waals surface area contributed by atoms with Crippen LogP contribution in [-0.2, 0) is 0 Å². The number of hydrogen-bond donors (Lipinski definition) is 0. The zero-order valence-corrected chi connectivity index (χ0v) is 29.5. The van der Waals surface area contributed by atoms with Crippen molar-refractivity contribution in [1.82, 2.24) is 0 Å². The predicted molar refractivity (Wildman–Crippen MR) is 116 cm³/mol. The smallest absolute Gasteiger partial charge is 0.329 e. The average molecular weight is 741 g/mol. The Morgan fingerprint density at radius 2 is 1.42 bits per heavy atom. The Kier molecular flexibility index (Phi) is 11.1. The molecule has 0 N–H and O–H groups in total. The van der Waals surface area contributed by atoms with E-state index in [-0.39, 0.29) is 57.5 Å². The van der Waals surface area contributed by atoms with Gasteiger partial charge in [-0.15, -0.1) is 0 Å². The van der Waals surface area contributed by atoms with Crippen LogP contribution in [0.2, 0.25) is 0 Å². The van der Waals surface area contributed by atoms with Crippen molar-refractivity contribution in [3.8, 4) is 0 Å². The average Bonchev–Trinajstić information content (AvgIpc) is 2.79. The fourth-order valence-electron chi connectivity index (χ4n) is 6.26. The molecule has 0 spiro atoms. The summed E-state index contributed by atoms with van der Waals surface area (Å²) in [4.78, 5) is 0. The molecular weight excluding hydrogens is 706 g/mol. The predicted octanol–water partition coefficient (Wildman–Crippen LogP) is 5.85. The van der Waals surface area contributed by atoms with Crippen molar-refractivity contribution in [3.05, 3.63) is 53.7 Å². The summed E-state index contributed by atoms with van der Waals surface area (Å²) in [6, 6.07) is 10.4. The molecule has 0 heterocycles. The van der Waals surface area contributed by atoms with Crippen molar-refractivity contribution >= 4 is 0 Å². The second-order valence-corrected chi connectivity index (χ2v) is 10.0. The molecule has 174 valence electrons. The number of rotatable bonds is 4. The Labute approximate surface area is 233 Å². The summed E-state index contributed by atoms with van der Waals surface area (Å²) in [6.07, 6.45) is 10.2. The van der Waals surface area contributed by atoms with Gasteiger partial charge < -0.3 is 6.42 Å². The van der Waals surface area contributed by atoms with E-state index in [0.717, 1.165) is 12.8 Å². The molecule has 0 amide bonds. The minimum atomic E-state index is -4.55. The van der Waals surface area contributed by atoms with Gasteiger partial charge in [-0.2, -0.15) is 61.4 Å². The topological polar surface area (TPSA) is 0 Å². The van der Waals surface area contributed by atoms with E-state index in [1.54, 1.807) is 0 Å². The molecule has 3 aliphatic rings. The van der Waals surface area contributed by atoms with Gasteiger partial charge in [-0.3, -0.25) is 0 Å². The van der Waals surface area contributed by atoms with Crippen molar-refractivity contribution < 1.29 is 68.9 Å². The molecule has 0 nitrogen and oxygen atoms in total. The molecule has 1 aromatic carbocycles. The largest absolute Gasteiger partial charge is 1.00 e. The van der Waals surface area contributed by atoms with Gasteiger partial charge in [-0.25, -0.2) is 4.39 Å². The third kappa shape index (κ3) is 7.91. The summed E-state index contributed by atoms with van der Waals surface area (Å²) in [7, 11) is 0. The first-order valence-corrected chi connectivity index (χ1v) is 12.2. The van der Waals surface area contributed by atoms with Gasteiger partial charge >= 0.3 is 57.6 Å². The minimum Gasteiger partial charge on any atom is -0.329 e. The van der Waals surface area contributed by atoms with Crippen molar-refractivity contribution in [3.63, 3.8) is 0 Å². The Morgan fingerprint density at radius 1 is 0.848 bits per heavy atom. The van der Waals surface area contributed by atoms with Gasteiger partial charge in [0.05, 0.1) is 6.08 Å². The van der Waals surface area contributed by atoms with E-state index in [0.29, 0.717) is 36.5 Å². The second-order valence-electron chi connectivity index (χ2n) is 10.0. The van der Waals surface area contributed by atoms with E-state index in [1.807, 2.05) is 0 Å². The number of halogens is 4. The standard InChI is InChI=1S/C27H34F4.K.Rf/c28-26(18-27(29,30)31)25-16-14-24(15-17-25)23-12-10-22(11-13-23)21-8-6-20(7-9-21)19-4-2-1-3-5-19;;/h1,6-8,18-19,22-25H,2-5,10-17H2;;/q-2;+1;/b26-18-;;. The third-order valence-corrected chi connectivity index (χ3v) is 8.11. The van der Waals surface area contributed by atoms with E-state index in [9.17, 15) is 17.6 Å². The zero-order chi connectivity index (χ0) is 21.8. The SMILES string of the molecule is F/C(=C\C(F)(F)F)C1CCC(C2CCC(c3[c-]cc(C4CC[CH-]CC4)cc3)CC2)CC1.[K+].[Rf]. The molecule has 0 unspecified atom stereocenters. The van der Waals surface area contributed by atoms with E-state index in [2.05, 4.69) is 30.7 Å². The molecule has 0 bridgehead atoms. The Hall–Kier alpha value is -0.684. The van der Waals surface area contributed by atoms with Crippen LogP contribution in [0.15, 0.2) is 30.1 Å². The molecule has 0 aliphatic heterocycles. The summed E-state index contributed by atoms with van der Waals surface area (Å²) in [6.45, 7) is 0. The van der Waals surface area contributed by atoms with Crippen LogP contribution >= 0.6 is 0 Å². The van der Waals surface area contributed by atoms with Gasteiger partial charge in [0.25, 0.3) is 0 Å². The first-order valence-electron chi connectivity index (χ1n) is 12.2. The molecule has 1 aromatic rings. The number of allylic oxidation sites excluding steroid dienone is 2. The summed E-state index contributed by atoms with van der Waals surface area (Å²) in [5.74, 6) is 0.949. The summed E-state index contributed by atoms with van der Waals surface area (Å²) in [5.41, 5.74) is 2.78. The monoisotopic (exact) mass is 740 g/mol. The summed E-state index contributed by atoms with van der Waals surface area (Å²) in [5, 5.41) is 0. The van der Waals surface area contributed by atoms with Gasteiger partial charge in [-0.1, -0.05) is 18.8 Å². The Morgan fingerprint density at radius 3 is 1.94 bits per heavy atom. The van der Waals surface area contributed by atoms with Crippen molar-refractivity contribution in [1.29, 1.82) is 0 Å². The van der Waals surface area contributed by atoms with Gasteiger partial charge in [0.15, 0.2) is 0 Å². The molecule has 33 heavy (non-hydrogen) atoms. The van der Waals surface area contributed by atoms with Crippen LogP contribution in [0.5, 0.6) is 0 Å². The quantitative estimate of drug-likeness (QED) is 0.207.